The van der Waals surface area contributed by atoms with Gasteiger partial charge in [0.05, 0.1) is 12.7 Å². The molecule has 0 bridgehead atoms. The maximum absolute atomic E-state index is 5.44. The predicted molar refractivity (Wildman–Crippen MR) is 44.7 cm³/mol. The van der Waals surface area contributed by atoms with E-state index in [2.05, 4.69) is 11.9 Å². The highest BCUT2D eigenvalue weighted by Gasteiger charge is 2.31. The molecule has 0 spiro atoms. The van der Waals surface area contributed by atoms with Crippen LogP contribution in [0, 0.1) is 5.92 Å². The molecule has 0 aromatic heterocycles. The molecule has 1 saturated heterocycles. The summed E-state index contributed by atoms with van der Waals surface area (Å²) in [5.41, 5.74) is 1.38. The average molecular weight is 151 g/mol. The summed E-state index contributed by atoms with van der Waals surface area (Å²) >= 11 is 0. The Balaban J connectivity index is 2.03. The lowest BCUT2D eigenvalue weighted by atomic mass is 9.90. The minimum atomic E-state index is 0.382. The van der Waals surface area contributed by atoms with E-state index in [-0.39, 0.29) is 0 Å². The molecule has 2 aliphatic rings. The Morgan fingerprint density at radius 1 is 1.64 bits per heavy atom. The van der Waals surface area contributed by atoms with Crippen LogP contribution in [0.2, 0.25) is 0 Å². The first-order valence-corrected chi connectivity index (χ1v) is 4.20. The lowest BCUT2D eigenvalue weighted by Crippen LogP contribution is -2.39. The van der Waals surface area contributed by atoms with Crippen LogP contribution in [-0.4, -0.2) is 18.9 Å². The lowest BCUT2D eigenvalue weighted by Gasteiger charge is -2.36. The standard InChI is InChI=1S/C9H13NO/c1-7-6-11-9(7)8-3-2-4-10-5-8/h4-5,7,9H,2-3,6H2,1H3. The van der Waals surface area contributed by atoms with Crippen molar-refractivity contribution in [3.63, 3.8) is 0 Å². The van der Waals surface area contributed by atoms with Crippen molar-refractivity contribution in [1.29, 1.82) is 0 Å². The highest BCUT2D eigenvalue weighted by atomic mass is 16.5. The normalized spacial score (nSPS) is 36.3. The Hall–Kier alpha value is -0.630. The number of aliphatic imine (C=N–C) groups is 1. The minimum absolute atomic E-state index is 0.382. The molecule has 2 heterocycles. The predicted octanol–water partition coefficient (Wildman–Crippen LogP) is 1.77. The van der Waals surface area contributed by atoms with E-state index in [1.165, 1.54) is 5.57 Å². The van der Waals surface area contributed by atoms with Crippen LogP contribution in [-0.2, 0) is 4.74 Å². The molecule has 0 radical (unpaired) electrons. The van der Waals surface area contributed by atoms with Gasteiger partial charge in [-0.15, -0.1) is 0 Å². The van der Waals surface area contributed by atoms with Crippen molar-refractivity contribution in [2.45, 2.75) is 25.9 Å². The van der Waals surface area contributed by atoms with Gasteiger partial charge in [-0.3, -0.25) is 4.99 Å². The Morgan fingerprint density at radius 3 is 3.00 bits per heavy atom. The number of rotatable bonds is 1. The molecule has 0 aromatic rings. The van der Waals surface area contributed by atoms with E-state index in [0.29, 0.717) is 12.0 Å². The van der Waals surface area contributed by atoms with Gasteiger partial charge in [-0.2, -0.15) is 0 Å². The summed E-state index contributed by atoms with van der Waals surface area (Å²) in [5.74, 6) is 0.703. The zero-order valence-electron chi connectivity index (χ0n) is 6.79. The van der Waals surface area contributed by atoms with E-state index in [1.54, 1.807) is 0 Å². The van der Waals surface area contributed by atoms with Gasteiger partial charge in [0.1, 0.15) is 0 Å². The van der Waals surface area contributed by atoms with Gasteiger partial charge in [0.2, 0.25) is 0 Å². The monoisotopic (exact) mass is 151 g/mol. The van der Waals surface area contributed by atoms with E-state index in [0.717, 1.165) is 19.4 Å². The molecular weight excluding hydrogens is 138 g/mol. The van der Waals surface area contributed by atoms with Crippen molar-refractivity contribution in [3.05, 3.63) is 11.8 Å². The molecule has 2 aliphatic heterocycles. The average Bonchev–Trinajstić information content (AvgIpc) is 2.04. The minimum Gasteiger partial charge on any atom is -0.373 e. The van der Waals surface area contributed by atoms with Gasteiger partial charge in [-0.05, 0) is 18.4 Å². The van der Waals surface area contributed by atoms with Crippen LogP contribution in [0.25, 0.3) is 0 Å². The molecule has 11 heavy (non-hydrogen) atoms. The summed E-state index contributed by atoms with van der Waals surface area (Å²) < 4.78 is 5.44. The van der Waals surface area contributed by atoms with E-state index in [1.807, 2.05) is 12.4 Å². The molecule has 60 valence electrons. The maximum Gasteiger partial charge on any atom is 0.0850 e. The van der Waals surface area contributed by atoms with Gasteiger partial charge in [0, 0.05) is 18.3 Å². The second kappa shape index (κ2) is 2.78. The zero-order chi connectivity index (χ0) is 7.68. The Bertz CT molecular complexity index is 208. The van der Waals surface area contributed by atoms with Crippen LogP contribution >= 0.6 is 0 Å². The molecule has 0 N–H and O–H groups in total. The van der Waals surface area contributed by atoms with Crippen LogP contribution in [0.3, 0.4) is 0 Å². The van der Waals surface area contributed by atoms with E-state index in [4.69, 9.17) is 4.74 Å². The molecule has 0 amide bonds. The highest BCUT2D eigenvalue weighted by Crippen LogP contribution is 2.29. The highest BCUT2D eigenvalue weighted by molar-refractivity contribution is 5.60. The third-order valence-corrected chi connectivity index (χ3v) is 2.33. The molecule has 2 unspecified atom stereocenters. The Kier molecular flexibility index (Phi) is 1.78. The maximum atomic E-state index is 5.44. The van der Waals surface area contributed by atoms with Gasteiger partial charge in [0.25, 0.3) is 0 Å². The van der Waals surface area contributed by atoms with Crippen molar-refractivity contribution in [2.75, 3.05) is 6.61 Å². The third-order valence-electron chi connectivity index (χ3n) is 2.33. The fourth-order valence-electron chi connectivity index (χ4n) is 1.59. The summed E-state index contributed by atoms with van der Waals surface area (Å²) in [6.45, 7) is 3.15. The summed E-state index contributed by atoms with van der Waals surface area (Å²) in [4.78, 5) is 4.13. The smallest absolute Gasteiger partial charge is 0.0850 e. The van der Waals surface area contributed by atoms with E-state index >= 15 is 0 Å². The second-order valence-electron chi connectivity index (χ2n) is 3.31. The first-order chi connectivity index (χ1) is 5.38. The fourth-order valence-corrected chi connectivity index (χ4v) is 1.59. The first-order valence-electron chi connectivity index (χ1n) is 4.20. The quantitative estimate of drug-likeness (QED) is 0.559. The first kappa shape index (κ1) is 7.04. The zero-order valence-corrected chi connectivity index (χ0v) is 6.79. The van der Waals surface area contributed by atoms with Crippen molar-refractivity contribution in [2.24, 2.45) is 10.9 Å². The molecule has 2 heteroatoms. The number of nitrogens with zero attached hydrogens (tertiary/aromatic N) is 1. The van der Waals surface area contributed by atoms with Crippen molar-refractivity contribution >= 4 is 6.21 Å². The SMILES string of the molecule is CC1COC1C1=CN=CCC1. The summed E-state index contributed by atoms with van der Waals surface area (Å²) in [6.07, 6.45) is 6.53. The number of ether oxygens (including phenoxy) is 1. The summed E-state index contributed by atoms with van der Waals surface area (Å²) in [5, 5.41) is 0. The Labute approximate surface area is 67.0 Å². The number of hydrogen-bond donors (Lipinski definition) is 0. The van der Waals surface area contributed by atoms with Gasteiger partial charge >= 0.3 is 0 Å². The molecule has 1 fully saturated rings. The van der Waals surface area contributed by atoms with Crippen molar-refractivity contribution < 1.29 is 4.74 Å². The summed E-state index contributed by atoms with van der Waals surface area (Å²) in [7, 11) is 0. The Morgan fingerprint density at radius 2 is 2.55 bits per heavy atom. The summed E-state index contributed by atoms with van der Waals surface area (Å²) in [6, 6.07) is 0. The van der Waals surface area contributed by atoms with E-state index in [9.17, 15) is 0 Å². The lowest BCUT2D eigenvalue weighted by molar-refractivity contribution is -0.0842. The molecule has 0 saturated carbocycles. The molecule has 0 aromatic carbocycles. The van der Waals surface area contributed by atoms with Crippen LogP contribution in [0.5, 0.6) is 0 Å². The van der Waals surface area contributed by atoms with Crippen LogP contribution < -0.4 is 0 Å². The molecule has 2 rings (SSSR count). The van der Waals surface area contributed by atoms with E-state index < -0.39 is 0 Å². The largest absolute Gasteiger partial charge is 0.373 e. The fraction of sp³-hybridized carbons (Fsp3) is 0.667. The molecular formula is C9H13NO. The van der Waals surface area contributed by atoms with Gasteiger partial charge < -0.3 is 4.74 Å². The van der Waals surface area contributed by atoms with Crippen LogP contribution in [0.4, 0.5) is 0 Å². The van der Waals surface area contributed by atoms with Gasteiger partial charge in [-0.1, -0.05) is 6.92 Å². The molecule has 2 atom stereocenters. The molecule has 2 nitrogen and oxygen atoms in total. The third kappa shape index (κ3) is 1.23. The van der Waals surface area contributed by atoms with Crippen LogP contribution in [0.1, 0.15) is 19.8 Å². The number of hydrogen-bond acceptors (Lipinski definition) is 2. The van der Waals surface area contributed by atoms with Gasteiger partial charge in [-0.25, -0.2) is 0 Å². The second-order valence-corrected chi connectivity index (χ2v) is 3.31. The van der Waals surface area contributed by atoms with Crippen LogP contribution in [0.15, 0.2) is 16.8 Å². The molecule has 0 aliphatic carbocycles. The van der Waals surface area contributed by atoms with Crippen molar-refractivity contribution in [1.82, 2.24) is 0 Å². The topological polar surface area (TPSA) is 21.6 Å². The van der Waals surface area contributed by atoms with Crippen molar-refractivity contribution in [3.8, 4) is 0 Å². The van der Waals surface area contributed by atoms with Gasteiger partial charge in [0.15, 0.2) is 0 Å².